The summed E-state index contributed by atoms with van der Waals surface area (Å²) in [5, 5.41) is 0. The van der Waals surface area contributed by atoms with Crippen molar-refractivity contribution in [1.82, 2.24) is 24.9 Å². The molecule has 0 amide bonds. The first-order valence-corrected chi connectivity index (χ1v) is 9.99. The van der Waals surface area contributed by atoms with Gasteiger partial charge in [0.05, 0.1) is 5.69 Å². The highest BCUT2D eigenvalue weighted by Gasteiger charge is 2.21. The Labute approximate surface area is 175 Å². The first kappa shape index (κ1) is 18.2. The smallest absolute Gasteiger partial charge is 0.180 e. The Hall–Kier alpha value is -3.87. The summed E-state index contributed by atoms with van der Waals surface area (Å²) >= 11 is 0. The number of hydrogen-bond acceptors (Lipinski definition) is 7. The topological polar surface area (TPSA) is 70.9 Å². The van der Waals surface area contributed by atoms with Crippen LogP contribution in [0.15, 0.2) is 79.4 Å². The third-order valence-corrected chi connectivity index (χ3v) is 5.16. The molecular formula is C23H21N7. The summed E-state index contributed by atoms with van der Waals surface area (Å²) < 4.78 is 0. The van der Waals surface area contributed by atoms with Gasteiger partial charge in [0.25, 0.3) is 0 Å². The molecule has 1 saturated heterocycles. The minimum absolute atomic E-state index is 0.632. The highest BCUT2D eigenvalue weighted by Crippen LogP contribution is 2.26. The second kappa shape index (κ2) is 8.24. The van der Waals surface area contributed by atoms with Crippen LogP contribution in [0.25, 0.3) is 22.8 Å². The Morgan fingerprint density at radius 3 is 1.97 bits per heavy atom. The zero-order valence-corrected chi connectivity index (χ0v) is 16.5. The lowest BCUT2D eigenvalue weighted by Gasteiger charge is -2.36. The summed E-state index contributed by atoms with van der Waals surface area (Å²) in [5.74, 6) is 2.57. The molecule has 0 aromatic carbocycles. The maximum Gasteiger partial charge on any atom is 0.180 e. The predicted octanol–water partition coefficient (Wildman–Crippen LogP) is 3.32. The Morgan fingerprint density at radius 2 is 1.30 bits per heavy atom. The summed E-state index contributed by atoms with van der Waals surface area (Å²) in [6, 6.07) is 17.8. The second-order valence-electron chi connectivity index (χ2n) is 7.05. The van der Waals surface area contributed by atoms with Gasteiger partial charge in [-0.1, -0.05) is 12.1 Å². The predicted molar refractivity (Wildman–Crippen MR) is 117 cm³/mol. The van der Waals surface area contributed by atoms with Gasteiger partial charge in [-0.25, -0.2) is 15.0 Å². The third kappa shape index (κ3) is 3.82. The van der Waals surface area contributed by atoms with Crippen molar-refractivity contribution in [1.29, 1.82) is 0 Å². The molecule has 4 aromatic heterocycles. The zero-order valence-electron chi connectivity index (χ0n) is 16.5. The highest BCUT2D eigenvalue weighted by atomic mass is 15.3. The van der Waals surface area contributed by atoms with Crippen LogP contribution >= 0.6 is 0 Å². The Morgan fingerprint density at radius 1 is 0.600 bits per heavy atom. The average molecular weight is 395 g/mol. The normalized spacial score (nSPS) is 14.0. The fourth-order valence-electron chi connectivity index (χ4n) is 3.58. The van der Waals surface area contributed by atoms with Crippen molar-refractivity contribution in [3.05, 3.63) is 79.4 Å². The van der Waals surface area contributed by atoms with Crippen LogP contribution in [-0.2, 0) is 0 Å². The number of rotatable bonds is 4. The van der Waals surface area contributed by atoms with Crippen molar-refractivity contribution in [2.75, 3.05) is 36.0 Å². The van der Waals surface area contributed by atoms with E-state index in [1.165, 1.54) is 0 Å². The molecule has 0 spiro atoms. The van der Waals surface area contributed by atoms with E-state index in [-0.39, 0.29) is 0 Å². The van der Waals surface area contributed by atoms with Crippen LogP contribution in [0.1, 0.15) is 0 Å². The van der Waals surface area contributed by atoms with Gasteiger partial charge in [-0.2, -0.15) is 0 Å². The number of nitrogens with zero attached hydrogens (tertiary/aromatic N) is 7. The van der Waals surface area contributed by atoms with E-state index in [2.05, 4.69) is 36.9 Å². The van der Waals surface area contributed by atoms with Gasteiger partial charge in [0.2, 0.25) is 0 Å². The van der Waals surface area contributed by atoms with Crippen LogP contribution in [0, 0.1) is 0 Å². The first-order valence-electron chi connectivity index (χ1n) is 9.99. The van der Waals surface area contributed by atoms with E-state index >= 15 is 0 Å². The van der Waals surface area contributed by atoms with Gasteiger partial charge in [0, 0.05) is 62.6 Å². The summed E-state index contributed by atoms with van der Waals surface area (Å²) in [7, 11) is 0. The van der Waals surface area contributed by atoms with Crippen LogP contribution < -0.4 is 9.80 Å². The van der Waals surface area contributed by atoms with Gasteiger partial charge in [-0.15, -0.1) is 0 Å². The monoisotopic (exact) mass is 395 g/mol. The summed E-state index contributed by atoms with van der Waals surface area (Å²) in [6.45, 7) is 3.52. The maximum atomic E-state index is 4.85. The van der Waals surface area contributed by atoms with Gasteiger partial charge >= 0.3 is 0 Å². The van der Waals surface area contributed by atoms with E-state index < -0.39 is 0 Å². The van der Waals surface area contributed by atoms with E-state index in [1.54, 1.807) is 18.6 Å². The molecule has 30 heavy (non-hydrogen) atoms. The lowest BCUT2D eigenvalue weighted by Crippen LogP contribution is -2.47. The second-order valence-corrected chi connectivity index (χ2v) is 7.05. The van der Waals surface area contributed by atoms with Crippen molar-refractivity contribution in [2.24, 2.45) is 0 Å². The summed E-state index contributed by atoms with van der Waals surface area (Å²) in [6.07, 6.45) is 7.17. The summed E-state index contributed by atoms with van der Waals surface area (Å²) in [4.78, 5) is 27.3. The van der Waals surface area contributed by atoms with Crippen LogP contribution in [0.2, 0.25) is 0 Å². The Balaban J connectivity index is 1.46. The first-order chi connectivity index (χ1) is 14.9. The zero-order chi connectivity index (χ0) is 20.2. The molecular weight excluding hydrogens is 374 g/mol. The molecule has 7 nitrogen and oxygen atoms in total. The van der Waals surface area contributed by atoms with E-state index in [4.69, 9.17) is 9.97 Å². The van der Waals surface area contributed by atoms with Gasteiger partial charge in [-0.3, -0.25) is 9.97 Å². The number of aromatic nitrogens is 5. The molecule has 7 heteroatoms. The van der Waals surface area contributed by atoms with Crippen LogP contribution in [0.3, 0.4) is 0 Å². The molecule has 0 saturated carbocycles. The maximum absolute atomic E-state index is 4.85. The molecule has 0 N–H and O–H groups in total. The van der Waals surface area contributed by atoms with Crippen molar-refractivity contribution < 1.29 is 0 Å². The largest absolute Gasteiger partial charge is 0.353 e. The highest BCUT2D eigenvalue weighted by molar-refractivity contribution is 5.66. The Bertz CT molecular complexity index is 1040. The van der Waals surface area contributed by atoms with E-state index in [9.17, 15) is 0 Å². The standard InChI is InChI=1S/C23H21N7/c1-3-9-25-19(5-1)23-27-20(18-7-11-24-12-8-18)17-22(28-23)30-15-13-29(14-16-30)21-6-2-4-10-26-21/h1-12,17H,13-16H2. The average Bonchev–Trinajstić information content (AvgIpc) is 2.85. The van der Waals surface area contributed by atoms with Crippen molar-refractivity contribution >= 4 is 11.6 Å². The molecule has 148 valence electrons. The number of anilines is 2. The van der Waals surface area contributed by atoms with E-state index in [0.29, 0.717) is 5.82 Å². The molecule has 1 aliphatic rings. The number of hydrogen-bond donors (Lipinski definition) is 0. The van der Waals surface area contributed by atoms with Crippen LogP contribution in [-0.4, -0.2) is 51.1 Å². The lowest BCUT2D eigenvalue weighted by molar-refractivity contribution is 0.641. The molecule has 0 aliphatic carbocycles. The van der Waals surface area contributed by atoms with Crippen LogP contribution in [0.5, 0.6) is 0 Å². The summed E-state index contributed by atoms with van der Waals surface area (Å²) in [5.41, 5.74) is 2.65. The van der Waals surface area contributed by atoms with Gasteiger partial charge in [-0.05, 0) is 36.4 Å². The fraction of sp³-hybridized carbons (Fsp3) is 0.174. The lowest BCUT2D eigenvalue weighted by atomic mass is 10.1. The number of pyridine rings is 3. The molecule has 1 fully saturated rings. The third-order valence-electron chi connectivity index (χ3n) is 5.16. The van der Waals surface area contributed by atoms with Crippen molar-refractivity contribution in [3.63, 3.8) is 0 Å². The Kier molecular flexibility index (Phi) is 4.99. The van der Waals surface area contributed by atoms with Gasteiger partial charge in [0.15, 0.2) is 5.82 Å². The van der Waals surface area contributed by atoms with Gasteiger partial charge in [0.1, 0.15) is 17.3 Å². The van der Waals surface area contributed by atoms with Crippen molar-refractivity contribution in [3.8, 4) is 22.8 Å². The number of piperazine rings is 1. The van der Waals surface area contributed by atoms with Crippen LogP contribution in [0.4, 0.5) is 11.6 Å². The quantitative estimate of drug-likeness (QED) is 0.525. The van der Waals surface area contributed by atoms with E-state index in [0.717, 1.165) is 54.8 Å². The molecule has 0 radical (unpaired) electrons. The van der Waals surface area contributed by atoms with Crippen molar-refractivity contribution in [2.45, 2.75) is 0 Å². The molecule has 4 aromatic rings. The van der Waals surface area contributed by atoms with E-state index in [1.807, 2.05) is 48.7 Å². The minimum Gasteiger partial charge on any atom is -0.353 e. The molecule has 5 heterocycles. The molecule has 5 rings (SSSR count). The van der Waals surface area contributed by atoms with Gasteiger partial charge < -0.3 is 9.80 Å². The molecule has 0 atom stereocenters. The molecule has 1 aliphatic heterocycles. The molecule has 0 unspecified atom stereocenters. The molecule has 0 bridgehead atoms. The minimum atomic E-state index is 0.632. The SMILES string of the molecule is c1ccc(-c2nc(-c3ccncc3)cc(N3CCN(c4ccccn4)CC3)n2)nc1. The fourth-order valence-corrected chi connectivity index (χ4v) is 3.58.